The predicted molar refractivity (Wildman–Crippen MR) is 76.9 cm³/mol. The zero-order valence-electron chi connectivity index (χ0n) is 11.9. The van der Waals surface area contributed by atoms with E-state index < -0.39 is 40.9 Å². The molecule has 0 radical (unpaired) electrons. The van der Waals surface area contributed by atoms with E-state index in [9.17, 15) is 22.8 Å². The number of carbonyl (C=O) groups excluding carboxylic acids is 2. The lowest BCUT2D eigenvalue weighted by Gasteiger charge is -2.16. The van der Waals surface area contributed by atoms with Crippen LogP contribution in [-0.4, -0.2) is 17.9 Å². The molecule has 7 heteroatoms. The molecule has 0 aliphatic rings. The van der Waals surface area contributed by atoms with E-state index in [0.29, 0.717) is 17.7 Å². The molecule has 3 N–H and O–H groups in total. The number of nitrogens with one attached hydrogen (secondary N) is 1. The highest BCUT2D eigenvalue weighted by atomic mass is 19.1. The van der Waals surface area contributed by atoms with Gasteiger partial charge in [0.2, 0.25) is 5.91 Å². The molecule has 0 saturated carbocycles. The average Bonchev–Trinajstić information content (AvgIpc) is 2.46. The molecule has 0 spiro atoms. The Bertz CT molecular complexity index is 712. The van der Waals surface area contributed by atoms with Crippen molar-refractivity contribution in [1.82, 2.24) is 5.32 Å². The van der Waals surface area contributed by atoms with Crippen LogP contribution >= 0.6 is 0 Å². The van der Waals surface area contributed by atoms with Crippen molar-refractivity contribution >= 4 is 11.8 Å². The number of rotatable bonds is 5. The molecule has 2 rings (SSSR count). The normalized spacial score (nSPS) is 11.8. The highest BCUT2D eigenvalue weighted by Gasteiger charge is 2.24. The highest BCUT2D eigenvalue weighted by molar-refractivity contribution is 5.97. The Balaban J connectivity index is 2.21. The van der Waals surface area contributed by atoms with E-state index in [4.69, 9.17) is 5.73 Å². The number of hydrogen-bond acceptors (Lipinski definition) is 2. The first-order chi connectivity index (χ1) is 10.9. The van der Waals surface area contributed by atoms with Crippen LogP contribution in [0.1, 0.15) is 15.9 Å². The van der Waals surface area contributed by atoms with Gasteiger partial charge in [-0.2, -0.15) is 0 Å². The van der Waals surface area contributed by atoms with Gasteiger partial charge in [0, 0.05) is 18.6 Å². The Morgan fingerprint density at radius 1 is 1.04 bits per heavy atom. The van der Waals surface area contributed by atoms with Crippen LogP contribution in [0.3, 0.4) is 0 Å². The fraction of sp³-hybridized carbons (Fsp3) is 0.125. The van der Waals surface area contributed by atoms with Crippen LogP contribution < -0.4 is 11.1 Å². The van der Waals surface area contributed by atoms with Crippen molar-refractivity contribution in [3.8, 4) is 0 Å². The number of amides is 2. The maximum absolute atomic E-state index is 13.6. The molecule has 120 valence electrons. The molecule has 0 heterocycles. The minimum atomic E-state index is -1.36. The third-order valence-corrected chi connectivity index (χ3v) is 3.17. The summed E-state index contributed by atoms with van der Waals surface area (Å²) >= 11 is 0. The number of carbonyl (C=O) groups is 2. The van der Waals surface area contributed by atoms with E-state index in [0.717, 1.165) is 0 Å². The largest absolute Gasteiger partial charge is 0.368 e. The molecule has 4 nitrogen and oxygen atoms in total. The molecule has 2 amide bonds. The second kappa shape index (κ2) is 6.95. The van der Waals surface area contributed by atoms with Gasteiger partial charge in [0.25, 0.3) is 5.91 Å². The first kappa shape index (κ1) is 16.5. The van der Waals surface area contributed by atoms with Gasteiger partial charge in [-0.25, -0.2) is 13.2 Å². The molecule has 2 aromatic carbocycles. The Morgan fingerprint density at radius 3 is 2.13 bits per heavy atom. The minimum absolute atomic E-state index is 0.0619. The number of hydrogen-bond donors (Lipinski definition) is 2. The molecule has 0 aliphatic heterocycles. The van der Waals surface area contributed by atoms with Gasteiger partial charge in [-0.3, -0.25) is 9.59 Å². The maximum atomic E-state index is 13.6. The van der Waals surface area contributed by atoms with Crippen molar-refractivity contribution in [3.05, 3.63) is 71.0 Å². The summed E-state index contributed by atoms with van der Waals surface area (Å²) in [6.45, 7) is 0. The van der Waals surface area contributed by atoms with Crippen molar-refractivity contribution in [2.24, 2.45) is 5.73 Å². The monoisotopic (exact) mass is 322 g/mol. The zero-order chi connectivity index (χ0) is 17.0. The van der Waals surface area contributed by atoms with Crippen molar-refractivity contribution in [3.63, 3.8) is 0 Å². The van der Waals surface area contributed by atoms with E-state index in [-0.39, 0.29) is 6.42 Å². The summed E-state index contributed by atoms with van der Waals surface area (Å²) in [7, 11) is 0. The van der Waals surface area contributed by atoms with E-state index in [1.165, 1.54) is 0 Å². The minimum Gasteiger partial charge on any atom is -0.368 e. The molecule has 23 heavy (non-hydrogen) atoms. The highest BCUT2D eigenvalue weighted by Crippen LogP contribution is 2.15. The van der Waals surface area contributed by atoms with Gasteiger partial charge in [0.1, 0.15) is 29.1 Å². The van der Waals surface area contributed by atoms with Gasteiger partial charge in [-0.15, -0.1) is 0 Å². The number of primary amides is 1. The predicted octanol–water partition coefficient (Wildman–Crippen LogP) is 1.93. The number of benzene rings is 2. The molecule has 1 atom stereocenters. The molecular weight excluding hydrogens is 309 g/mol. The molecule has 0 saturated heterocycles. The lowest BCUT2D eigenvalue weighted by atomic mass is 10.0. The molecule has 0 bridgehead atoms. The van der Waals surface area contributed by atoms with E-state index in [1.54, 1.807) is 30.3 Å². The van der Waals surface area contributed by atoms with Gasteiger partial charge in [-0.1, -0.05) is 30.3 Å². The Labute approximate surface area is 130 Å². The van der Waals surface area contributed by atoms with Crippen LogP contribution in [0.4, 0.5) is 13.2 Å². The summed E-state index contributed by atoms with van der Waals surface area (Å²) in [6.07, 6.45) is 0.0619. The topological polar surface area (TPSA) is 72.2 Å². The van der Waals surface area contributed by atoms with Crippen LogP contribution in [0.15, 0.2) is 42.5 Å². The zero-order valence-corrected chi connectivity index (χ0v) is 11.9. The smallest absolute Gasteiger partial charge is 0.257 e. The number of nitrogens with two attached hydrogens (primary N) is 1. The molecule has 0 unspecified atom stereocenters. The Morgan fingerprint density at radius 2 is 1.61 bits per heavy atom. The SMILES string of the molecule is NC(=O)[C@H](Cc1ccccc1)NC(=O)c1c(F)cc(F)cc1F. The van der Waals surface area contributed by atoms with Crippen LogP contribution in [0.25, 0.3) is 0 Å². The molecule has 0 aromatic heterocycles. The van der Waals surface area contributed by atoms with Gasteiger partial charge in [0.05, 0.1) is 0 Å². The first-order valence-corrected chi connectivity index (χ1v) is 6.67. The fourth-order valence-electron chi connectivity index (χ4n) is 2.06. The summed E-state index contributed by atoms with van der Waals surface area (Å²) in [5, 5.41) is 2.17. The maximum Gasteiger partial charge on any atom is 0.257 e. The second-order valence-electron chi connectivity index (χ2n) is 4.86. The fourth-order valence-corrected chi connectivity index (χ4v) is 2.06. The second-order valence-corrected chi connectivity index (χ2v) is 4.86. The molecular formula is C16H13F3N2O2. The first-order valence-electron chi connectivity index (χ1n) is 6.67. The molecule has 0 aliphatic carbocycles. The summed E-state index contributed by atoms with van der Waals surface area (Å²) in [4.78, 5) is 23.4. The molecule has 2 aromatic rings. The number of halogens is 3. The van der Waals surface area contributed by atoms with E-state index in [1.807, 2.05) is 0 Å². The van der Waals surface area contributed by atoms with Crippen LogP contribution in [-0.2, 0) is 11.2 Å². The Kier molecular flexibility index (Phi) is 5.00. The van der Waals surface area contributed by atoms with Crippen LogP contribution in [0.5, 0.6) is 0 Å². The lowest BCUT2D eigenvalue weighted by molar-refractivity contribution is -0.119. The van der Waals surface area contributed by atoms with Crippen molar-refractivity contribution in [2.45, 2.75) is 12.5 Å². The van der Waals surface area contributed by atoms with E-state index >= 15 is 0 Å². The summed E-state index contributed by atoms with van der Waals surface area (Å²) in [5.41, 5.74) is 4.95. The van der Waals surface area contributed by atoms with Crippen molar-refractivity contribution in [1.29, 1.82) is 0 Å². The van der Waals surface area contributed by atoms with Gasteiger partial charge in [-0.05, 0) is 5.56 Å². The Hall–Kier alpha value is -2.83. The third-order valence-electron chi connectivity index (χ3n) is 3.17. The van der Waals surface area contributed by atoms with E-state index in [2.05, 4.69) is 5.32 Å². The molecule has 0 fully saturated rings. The standard InChI is InChI=1S/C16H13F3N2O2/c17-10-7-11(18)14(12(19)8-10)16(23)21-13(15(20)22)6-9-4-2-1-3-5-9/h1-5,7-8,13H,6H2,(H2,20,22)(H,21,23)/t13-/m0/s1. The van der Waals surface area contributed by atoms with Crippen LogP contribution in [0, 0.1) is 17.5 Å². The quantitative estimate of drug-likeness (QED) is 0.883. The van der Waals surface area contributed by atoms with Crippen molar-refractivity contribution in [2.75, 3.05) is 0 Å². The summed E-state index contributed by atoms with van der Waals surface area (Å²) in [5.74, 6) is -5.90. The third kappa shape index (κ3) is 4.09. The van der Waals surface area contributed by atoms with Gasteiger partial charge >= 0.3 is 0 Å². The summed E-state index contributed by atoms with van der Waals surface area (Å²) in [6, 6.07) is 8.26. The van der Waals surface area contributed by atoms with Gasteiger partial charge in [0.15, 0.2) is 0 Å². The van der Waals surface area contributed by atoms with Crippen LogP contribution in [0.2, 0.25) is 0 Å². The average molecular weight is 322 g/mol. The summed E-state index contributed by atoms with van der Waals surface area (Å²) < 4.78 is 40.0. The van der Waals surface area contributed by atoms with Crippen molar-refractivity contribution < 1.29 is 22.8 Å². The van der Waals surface area contributed by atoms with Gasteiger partial charge < -0.3 is 11.1 Å². The lowest BCUT2D eigenvalue weighted by Crippen LogP contribution is -2.46.